The number of ether oxygens (including phenoxy) is 1. The Bertz CT molecular complexity index is 997. The molecule has 0 aliphatic carbocycles. The minimum atomic E-state index is -0.849. The van der Waals surface area contributed by atoms with Gasteiger partial charge in [-0.05, 0) is 57.8 Å². The van der Waals surface area contributed by atoms with Crippen molar-refractivity contribution in [1.29, 1.82) is 0 Å². The second-order valence-corrected chi connectivity index (χ2v) is 19.6. The van der Waals surface area contributed by atoms with Crippen LogP contribution in [0.15, 0.2) is 24.3 Å². The summed E-state index contributed by atoms with van der Waals surface area (Å²) >= 11 is 0. The van der Waals surface area contributed by atoms with Gasteiger partial charge in [0.25, 0.3) is 0 Å². The van der Waals surface area contributed by atoms with Gasteiger partial charge in [-0.15, -0.1) is 0 Å². The van der Waals surface area contributed by atoms with E-state index in [1.54, 1.807) is 6.08 Å². The predicted molar refractivity (Wildman–Crippen MR) is 278 cm³/mol. The molecule has 0 bridgehead atoms. The highest BCUT2D eigenvalue weighted by Gasteiger charge is 2.18. The van der Waals surface area contributed by atoms with Crippen molar-refractivity contribution < 1.29 is 24.5 Å². The van der Waals surface area contributed by atoms with Crippen molar-refractivity contribution in [2.75, 3.05) is 13.2 Å². The van der Waals surface area contributed by atoms with E-state index in [0.29, 0.717) is 19.4 Å². The largest absolute Gasteiger partial charge is 0.466 e. The van der Waals surface area contributed by atoms with Crippen molar-refractivity contribution in [3.05, 3.63) is 24.3 Å². The molecule has 0 rings (SSSR count). The van der Waals surface area contributed by atoms with Crippen LogP contribution in [0.3, 0.4) is 0 Å². The summed E-state index contributed by atoms with van der Waals surface area (Å²) in [6, 6.07) is -0.633. The van der Waals surface area contributed by atoms with Gasteiger partial charge in [-0.2, -0.15) is 0 Å². The molecule has 6 nitrogen and oxygen atoms in total. The first kappa shape index (κ1) is 62.3. The molecule has 0 aromatic heterocycles. The molecule has 3 N–H and O–H groups in total. The molecule has 0 spiro atoms. The number of unbranched alkanes of at least 4 members (excludes halogenated alkanes) is 40. The van der Waals surface area contributed by atoms with Crippen molar-refractivity contribution in [3.63, 3.8) is 0 Å². The monoisotopic (exact) mass is 902 g/mol. The smallest absolute Gasteiger partial charge is 0.305 e. The quantitative estimate of drug-likeness (QED) is 0.0321. The Morgan fingerprint density at radius 2 is 0.734 bits per heavy atom. The second-order valence-electron chi connectivity index (χ2n) is 19.6. The second kappa shape index (κ2) is 54.0. The number of amides is 1. The highest BCUT2D eigenvalue weighted by Crippen LogP contribution is 2.16. The lowest BCUT2D eigenvalue weighted by Crippen LogP contribution is -2.45. The Labute approximate surface area is 399 Å². The lowest BCUT2D eigenvalue weighted by atomic mass is 10.0. The fourth-order valence-electron chi connectivity index (χ4n) is 8.81. The zero-order valence-corrected chi connectivity index (χ0v) is 43.0. The summed E-state index contributed by atoms with van der Waals surface area (Å²) in [6.45, 7) is 4.90. The summed E-state index contributed by atoms with van der Waals surface area (Å²) < 4.78 is 5.46. The first-order valence-electron chi connectivity index (χ1n) is 28.6. The number of carbonyl (C=O) groups excluding carboxylic acids is 2. The fraction of sp³-hybridized carbons (Fsp3) is 0.897. The normalized spacial score (nSPS) is 12.8. The Kier molecular flexibility index (Phi) is 52.6. The van der Waals surface area contributed by atoms with Gasteiger partial charge in [0.15, 0.2) is 0 Å². The maximum absolute atomic E-state index is 12.4. The molecule has 0 aliphatic heterocycles. The summed E-state index contributed by atoms with van der Waals surface area (Å²) in [6.07, 6.45) is 64.8. The van der Waals surface area contributed by atoms with Crippen LogP contribution in [-0.2, 0) is 14.3 Å². The molecule has 0 aliphatic rings. The lowest BCUT2D eigenvalue weighted by Gasteiger charge is -2.20. The van der Waals surface area contributed by atoms with E-state index >= 15 is 0 Å². The predicted octanol–water partition coefficient (Wildman–Crippen LogP) is 17.5. The Morgan fingerprint density at radius 3 is 1.11 bits per heavy atom. The average Bonchev–Trinajstić information content (AvgIpc) is 3.29. The summed E-state index contributed by atoms with van der Waals surface area (Å²) in [5.74, 6) is -0.0693. The summed E-state index contributed by atoms with van der Waals surface area (Å²) in [5, 5.41) is 23.1. The maximum atomic E-state index is 12.4. The highest BCUT2D eigenvalue weighted by molar-refractivity contribution is 5.76. The number of allylic oxidation sites excluding steroid dienone is 3. The van der Waals surface area contributed by atoms with Crippen molar-refractivity contribution in [3.8, 4) is 0 Å². The van der Waals surface area contributed by atoms with Gasteiger partial charge in [0, 0.05) is 12.8 Å². The van der Waals surface area contributed by atoms with Gasteiger partial charge >= 0.3 is 5.97 Å². The molecule has 6 heteroatoms. The van der Waals surface area contributed by atoms with Crippen LogP contribution in [0.4, 0.5) is 0 Å². The molecule has 378 valence electrons. The van der Waals surface area contributed by atoms with Crippen molar-refractivity contribution >= 4 is 11.9 Å². The van der Waals surface area contributed by atoms with E-state index < -0.39 is 12.1 Å². The van der Waals surface area contributed by atoms with Gasteiger partial charge in [0.05, 0.1) is 25.4 Å². The van der Waals surface area contributed by atoms with E-state index in [1.165, 1.54) is 238 Å². The van der Waals surface area contributed by atoms with Gasteiger partial charge < -0.3 is 20.3 Å². The maximum Gasteiger partial charge on any atom is 0.305 e. The highest BCUT2D eigenvalue weighted by atomic mass is 16.5. The molecule has 0 aromatic rings. The van der Waals surface area contributed by atoms with Crippen LogP contribution < -0.4 is 5.32 Å². The van der Waals surface area contributed by atoms with Gasteiger partial charge in [0.1, 0.15) is 0 Å². The first-order chi connectivity index (χ1) is 31.5. The number of hydrogen-bond donors (Lipinski definition) is 3. The molecule has 0 heterocycles. The summed E-state index contributed by atoms with van der Waals surface area (Å²) in [7, 11) is 0. The number of rotatable bonds is 53. The molecule has 64 heavy (non-hydrogen) atoms. The molecule has 0 saturated heterocycles. The van der Waals surface area contributed by atoms with E-state index in [2.05, 4.69) is 31.3 Å². The van der Waals surface area contributed by atoms with Crippen LogP contribution in [-0.4, -0.2) is 47.4 Å². The zero-order chi connectivity index (χ0) is 46.5. The minimum absolute atomic E-state index is 0.00622. The number of esters is 1. The van der Waals surface area contributed by atoms with Crippen LogP contribution in [0.2, 0.25) is 0 Å². The standard InChI is InChI=1S/C58H111NO5/c1-3-5-7-9-11-13-15-17-24-27-30-34-38-42-46-50-56(61)55(54-60)59-57(62)51-47-43-39-35-31-28-25-22-20-18-19-21-23-26-29-33-37-41-45-49-53-64-58(63)52-48-44-40-36-32-16-14-12-10-8-6-4-2/h18,20,46,50,55-56,60-61H,3-17,19,21-45,47-49,51-54H2,1-2H3,(H,59,62)/b20-18-,50-46+. The van der Waals surface area contributed by atoms with Crippen LogP contribution in [0, 0.1) is 0 Å². The van der Waals surface area contributed by atoms with E-state index in [4.69, 9.17) is 4.74 Å². The molecule has 0 saturated carbocycles. The SMILES string of the molecule is CCCCCCCCCCCCCCC/C=C/C(O)C(CO)NC(=O)CCCCCCCCC/C=C\CCCCCCCCCCCOC(=O)CCCCCCCCCCCCCC. The van der Waals surface area contributed by atoms with Crippen molar-refractivity contribution in [2.24, 2.45) is 0 Å². The van der Waals surface area contributed by atoms with Crippen LogP contribution >= 0.6 is 0 Å². The van der Waals surface area contributed by atoms with E-state index in [-0.39, 0.29) is 18.5 Å². The van der Waals surface area contributed by atoms with E-state index in [1.807, 2.05) is 6.08 Å². The Morgan fingerprint density at radius 1 is 0.422 bits per heavy atom. The molecule has 2 unspecified atom stereocenters. The minimum Gasteiger partial charge on any atom is -0.466 e. The number of nitrogens with one attached hydrogen (secondary N) is 1. The Balaban J connectivity index is 3.46. The van der Waals surface area contributed by atoms with Gasteiger partial charge in [-0.25, -0.2) is 0 Å². The molecule has 1 amide bonds. The number of hydrogen-bond acceptors (Lipinski definition) is 5. The van der Waals surface area contributed by atoms with Gasteiger partial charge in [-0.1, -0.05) is 263 Å². The molecule has 0 aromatic carbocycles. The lowest BCUT2D eigenvalue weighted by molar-refractivity contribution is -0.143. The Hall–Kier alpha value is -1.66. The summed E-state index contributed by atoms with van der Waals surface area (Å²) in [5.41, 5.74) is 0. The molecule has 0 radical (unpaired) electrons. The fourth-order valence-corrected chi connectivity index (χ4v) is 8.81. The first-order valence-corrected chi connectivity index (χ1v) is 28.6. The van der Waals surface area contributed by atoms with Crippen LogP contribution in [0.25, 0.3) is 0 Å². The topological polar surface area (TPSA) is 95.9 Å². The number of carbonyl (C=O) groups is 2. The van der Waals surface area contributed by atoms with E-state index in [9.17, 15) is 19.8 Å². The van der Waals surface area contributed by atoms with Gasteiger partial charge in [0.2, 0.25) is 5.91 Å². The summed E-state index contributed by atoms with van der Waals surface area (Å²) in [4.78, 5) is 24.4. The molecule has 2 atom stereocenters. The third kappa shape index (κ3) is 49.8. The molecular weight excluding hydrogens is 791 g/mol. The molecular formula is C58H111NO5. The third-order valence-corrected chi connectivity index (χ3v) is 13.2. The van der Waals surface area contributed by atoms with E-state index in [0.717, 1.165) is 44.9 Å². The third-order valence-electron chi connectivity index (χ3n) is 13.2. The zero-order valence-electron chi connectivity index (χ0n) is 43.0. The van der Waals surface area contributed by atoms with Crippen molar-refractivity contribution in [1.82, 2.24) is 5.32 Å². The van der Waals surface area contributed by atoms with Gasteiger partial charge in [-0.3, -0.25) is 9.59 Å². The average molecular weight is 903 g/mol. The number of aliphatic hydroxyl groups excluding tert-OH is 2. The van der Waals surface area contributed by atoms with Crippen molar-refractivity contribution in [2.45, 2.75) is 321 Å². The molecule has 0 fully saturated rings. The van der Waals surface area contributed by atoms with Crippen LogP contribution in [0.1, 0.15) is 309 Å². The van der Waals surface area contributed by atoms with Crippen LogP contribution in [0.5, 0.6) is 0 Å². The number of aliphatic hydroxyl groups is 2.